The number of hydrogen-bond acceptors (Lipinski definition) is 5. The van der Waals surface area contributed by atoms with E-state index in [9.17, 15) is 10.1 Å². The smallest absolute Gasteiger partial charge is 0.311 e. The van der Waals surface area contributed by atoms with Gasteiger partial charge in [-0.25, -0.2) is 0 Å². The Kier molecular flexibility index (Phi) is 4.71. The van der Waals surface area contributed by atoms with Crippen molar-refractivity contribution in [3.8, 4) is 0 Å². The van der Waals surface area contributed by atoms with Gasteiger partial charge >= 0.3 is 5.69 Å². The number of anilines is 1. The fourth-order valence-electron chi connectivity index (χ4n) is 2.35. The van der Waals surface area contributed by atoms with E-state index < -0.39 is 4.92 Å². The van der Waals surface area contributed by atoms with Crippen LogP contribution >= 0.6 is 15.9 Å². The van der Waals surface area contributed by atoms with Crippen LogP contribution in [0.2, 0.25) is 0 Å². The second-order valence-corrected chi connectivity index (χ2v) is 5.37. The third-order valence-corrected chi connectivity index (χ3v) is 3.97. The third kappa shape index (κ3) is 3.22. The van der Waals surface area contributed by atoms with Crippen molar-refractivity contribution in [3.05, 3.63) is 27.0 Å². The molecular weight excluding hydrogens is 314 g/mol. The van der Waals surface area contributed by atoms with Crippen LogP contribution in [0.1, 0.15) is 19.8 Å². The zero-order valence-electron chi connectivity index (χ0n) is 10.6. The van der Waals surface area contributed by atoms with Gasteiger partial charge in [-0.15, -0.1) is 0 Å². The molecule has 1 aliphatic heterocycles. The SMILES string of the molecule is CCC1OCCC1CNc1c(Br)cncc1[N+](=O)[O-]. The molecule has 1 fully saturated rings. The first-order chi connectivity index (χ1) is 9.13. The molecule has 19 heavy (non-hydrogen) atoms. The largest absolute Gasteiger partial charge is 0.378 e. The topological polar surface area (TPSA) is 77.3 Å². The summed E-state index contributed by atoms with van der Waals surface area (Å²) in [6.07, 6.45) is 5.01. The van der Waals surface area contributed by atoms with Crippen molar-refractivity contribution >= 4 is 27.3 Å². The number of nitrogens with one attached hydrogen (secondary N) is 1. The molecule has 1 aliphatic rings. The van der Waals surface area contributed by atoms with Gasteiger partial charge in [0.25, 0.3) is 0 Å². The van der Waals surface area contributed by atoms with Gasteiger partial charge in [0.15, 0.2) is 0 Å². The first-order valence-corrected chi connectivity index (χ1v) is 7.06. The summed E-state index contributed by atoms with van der Waals surface area (Å²) in [7, 11) is 0. The Balaban J connectivity index is 2.09. The molecule has 0 radical (unpaired) electrons. The molecule has 1 aromatic rings. The summed E-state index contributed by atoms with van der Waals surface area (Å²) in [5.41, 5.74) is 0.475. The minimum absolute atomic E-state index is 0.0126. The van der Waals surface area contributed by atoms with E-state index in [0.717, 1.165) is 19.4 Å². The van der Waals surface area contributed by atoms with Crippen LogP contribution in [0.15, 0.2) is 16.9 Å². The van der Waals surface area contributed by atoms with E-state index in [1.807, 2.05) is 0 Å². The molecule has 7 heteroatoms. The highest BCUT2D eigenvalue weighted by Gasteiger charge is 2.27. The highest BCUT2D eigenvalue weighted by atomic mass is 79.9. The van der Waals surface area contributed by atoms with E-state index in [4.69, 9.17) is 4.74 Å². The molecule has 1 aromatic heterocycles. The van der Waals surface area contributed by atoms with Crippen molar-refractivity contribution in [1.82, 2.24) is 4.98 Å². The van der Waals surface area contributed by atoms with Crippen LogP contribution in [-0.4, -0.2) is 29.2 Å². The Morgan fingerprint density at radius 3 is 3.11 bits per heavy atom. The molecule has 0 saturated carbocycles. The molecule has 2 unspecified atom stereocenters. The average Bonchev–Trinajstić information content (AvgIpc) is 2.84. The lowest BCUT2D eigenvalue weighted by molar-refractivity contribution is -0.384. The molecular formula is C12H16BrN3O3. The quantitative estimate of drug-likeness (QED) is 0.663. The molecule has 1 saturated heterocycles. The summed E-state index contributed by atoms with van der Waals surface area (Å²) in [6.45, 7) is 3.53. The second-order valence-electron chi connectivity index (χ2n) is 4.52. The molecule has 0 aliphatic carbocycles. The molecule has 2 heterocycles. The van der Waals surface area contributed by atoms with Gasteiger partial charge in [0, 0.05) is 25.3 Å². The van der Waals surface area contributed by atoms with Crippen molar-refractivity contribution in [1.29, 1.82) is 0 Å². The van der Waals surface area contributed by atoms with Crippen LogP contribution in [0.25, 0.3) is 0 Å². The second kappa shape index (κ2) is 6.29. The Morgan fingerprint density at radius 1 is 1.63 bits per heavy atom. The van der Waals surface area contributed by atoms with Crippen LogP contribution in [0, 0.1) is 16.0 Å². The maximum absolute atomic E-state index is 11.0. The number of halogens is 1. The number of nitrogens with zero attached hydrogens (tertiary/aromatic N) is 2. The van der Waals surface area contributed by atoms with Gasteiger partial charge in [-0.3, -0.25) is 15.1 Å². The van der Waals surface area contributed by atoms with Crippen LogP contribution in [0.4, 0.5) is 11.4 Å². The van der Waals surface area contributed by atoms with Crippen molar-refractivity contribution in [3.63, 3.8) is 0 Å². The minimum atomic E-state index is -0.428. The monoisotopic (exact) mass is 329 g/mol. The van der Waals surface area contributed by atoms with E-state index in [0.29, 0.717) is 22.6 Å². The molecule has 6 nitrogen and oxygen atoms in total. The van der Waals surface area contributed by atoms with Gasteiger partial charge < -0.3 is 10.1 Å². The Morgan fingerprint density at radius 2 is 2.42 bits per heavy atom. The normalized spacial score (nSPS) is 22.4. The van der Waals surface area contributed by atoms with Gasteiger partial charge in [-0.2, -0.15) is 0 Å². The van der Waals surface area contributed by atoms with Crippen LogP contribution in [0.5, 0.6) is 0 Å². The highest BCUT2D eigenvalue weighted by Crippen LogP contribution is 2.32. The Labute approximate surface area is 119 Å². The molecule has 104 valence electrons. The standard InChI is InChI=1S/C12H16BrN3O3/c1-2-11-8(3-4-19-11)5-15-12-9(13)6-14-7-10(12)16(17)18/h6-8,11H,2-5H2,1H3,(H,14,15). The van der Waals surface area contributed by atoms with Crippen LogP contribution in [0.3, 0.4) is 0 Å². The van der Waals surface area contributed by atoms with Crippen molar-refractivity contribution in [2.75, 3.05) is 18.5 Å². The van der Waals surface area contributed by atoms with Gasteiger partial charge in [0.2, 0.25) is 0 Å². The fraction of sp³-hybridized carbons (Fsp3) is 0.583. The fourth-order valence-corrected chi connectivity index (χ4v) is 2.81. The maximum atomic E-state index is 11.0. The van der Waals surface area contributed by atoms with Crippen LogP contribution in [-0.2, 0) is 4.74 Å². The number of ether oxygens (including phenoxy) is 1. The lowest BCUT2D eigenvalue weighted by atomic mass is 9.99. The number of hydrogen-bond donors (Lipinski definition) is 1. The van der Waals surface area contributed by atoms with Crippen LogP contribution < -0.4 is 5.32 Å². The molecule has 0 spiro atoms. The zero-order valence-corrected chi connectivity index (χ0v) is 12.2. The maximum Gasteiger partial charge on any atom is 0.311 e. The predicted octanol–water partition coefficient (Wildman–Crippen LogP) is 2.98. The van der Waals surface area contributed by atoms with E-state index >= 15 is 0 Å². The number of rotatable bonds is 5. The number of aromatic nitrogens is 1. The molecule has 0 bridgehead atoms. The summed E-state index contributed by atoms with van der Waals surface area (Å²) in [5, 5.41) is 14.1. The minimum Gasteiger partial charge on any atom is -0.378 e. The summed E-state index contributed by atoms with van der Waals surface area (Å²) in [4.78, 5) is 14.4. The Hall–Kier alpha value is -1.21. The van der Waals surface area contributed by atoms with E-state index in [1.54, 1.807) is 6.20 Å². The lowest BCUT2D eigenvalue weighted by Crippen LogP contribution is -2.23. The summed E-state index contributed by atoms with van der Waals surface area (Å²) in [6, 6.07) is 0. The highest BCUT2D eigenvalue weighted by molar-refractivity contribution is 9.10. The van der Waals surface area contributed by atoms with Gasteiger partial charge in [0.05, 0.1) is 15.5 Å². The zero-order chi connectivity index (χ0) is 13.8. The number of nitro groups is 1. The molecule has 2 atom stereocenters. The molecule has 1 N–H and O–H groups in total. The van der Waals surface area contributed by atoms with Gasteiger partial charge in [0.1, 0.15) is 11.9 Å². The Bertz CT molecular complexity index is 470. The molecule has 2 rings (SSSR count). The van der Waals surface area contributed by atoms with Crippen molar-refractivity contribution in [2.24, 2.45) is 5.92 Å². The van der Waals surface area contributed by atoms with Crippen molar-refractivity contribution < 1.29 is 9.66 Å². The third-order valence-electron chi connectivity index (χ3n) is 3.37. The van der Waals surface area contributed by atoms with E-state index in [1.165, 1.54) is 6.20 Å². The van der Waals surface area contributed by atoms with E-state index in [2.05, 4.69) is 33.2 Å². The summed E-state index contributed by atoms with van der Waals surface area (Å²) in [5.74, 6) is 0.393. The van der Waals surface area contributed by atoms with Crippen molar-refractivity contribution in [2.45, 2.75) is 25.9 Å². The average molecular weight is 330 g/mol. The van der Waals surface area contributed by atoms with Gasteiger partial charge in [-0.05, 0) is 28.8 Å². The summed E-state index contributed by atoms with van der Waals surface area (Å²) >= 11 is 3.30. The predicted molar refractivity (Wildman–Crippen MR) is 75.2 cm³/mol. The van der Waals surface area contributed by atoms with E-state index in [-0.39, 0.29) is 11.8 Å². The lowest BCUT2D eigenvalue weighted by Gasteiger charge is -2.18. The number of pyridine rings is 1. The first-order valence-electron chi connectivity index (χ1n) is 6.26. The van der Waals surface area contributed by atoms with Gasteiger partial charge in [-0.1, -0.05) is 6.92 Å². The first kappa shape index (κ1) is 14.2. The summed E-state index contributed by atoms with van der Waals surface area (Å²) < 4.78 is 6.22. The molecule has 0 amide bonds. The molecule has 0 aromatic carbocycles.